The molecule has 8 nitrogen and oxygen atoms in total. The lowest BCUT2D eigenvalue weighted by Gasteiger charge is -2.16. The number of nitrogens with zero attached hydrogens (tertiary/aromatic N) is 1. The first kappa shape index (κ1) is 18.4. The zero-order valence-corrected chi connectivity index (χ0v) is 13.6. The Morgan fingerprint density at radius 1 is 1.36 bits per heavy atom. The number of amides is 1. The Morgan fingerprint density at radius 3 is 2.45 bits per heavy atom. The Morgan fingerprint density at radius 2 is 1.95 bits per heavy atom. The fourth-order valence-corrected chi connectivity index (χ4v) is 2.82. The molecule has 0 fully saturated rings. The van der Waals surface area contributed by atoms with Gasteiger partial charge in [0.2, 0.25) is 0 Å². The van der Waals surface area contributed by atoms with Crippen molar-refractivity contribution in [2.24, 2.45) is 5.73 Å². The van der Waals surface area contributed by atoms with Gasteiger partial charge in [-0.05, 0) is 25.1 Å². The SMILES string of the molecule is CON(C)S(=O)(=O)c1cc(C(=O)O[C@@H](C)C(N)=O)ccc1Cl. The van der Waals surface area contributed by atoms with Crippen LogP contribution in [-0.2, 0) is 24.4 Å². The monoisotopic (exact) mass is 350 g/mol. The maximum atomic E-state index is 12.2. The number of carbonyl (C=O) groups excluding carboxylic acids is 2. The van der Waals surface area contributed by atoms with E-state index in [9.17, 15) is 18.0 Å². The zero-order chi connectivity index (χ0) is 17.1. The molecule has 0 aliphatic heterocycles. The van der Waals surface area contributed by atoms with E-state index in [1.165, 1.54) is 26.1 Å². The van der Waals surface area contributed by atoms with Crippen LogP contribution in [0.15, 0.2) is 23.1 Å². The molecule has 22 heavy (non-hydrogen) atoms. The van der Waals surface area contributed by atoms with Crippen molar-refractivity contribution in [3.05, 3.63) is 28.8 Å². The molecule has 0 spiro atoms. The van der Waals surface area contributed by atoms with E-state index in [0.29, 0.717) is 4.47 Å². The highest BCUT2D eigenvalue weighted by Crippen LogP contribution is 2.25. The molecule has 122 valence electrons. The van der Waals surface area contributed by atoms with Gasteiger partial charge in [0.05, 0.1) is 17.7 Å². The molecular formula is C12H15ClN2O6S. The van der Waals surface area contributed by atoms with Crippen molar-refractivity contribution in [1.29, 1.82) is 0 Å². The molecule has 0 aliphatic rings. The van der Waals surface area contributed by atoms with Crippen LogP contribution in [0.2, 0.25) is 5.02 Å². The predicted octanol–water partition coefficient (Wildman–Crippen LogP) is 0.553. The average molecular weight is 351 g/mol. The van der Waals surface area contributed by atoms with Crippen molar-refractivity contribution >= 4 is 33.5 Å². The summed E-state index contributed by atoms with van der Waals surface area (Å²) in [6.45, 7) is 1.30. The van der Waals surface area contributed by atoms with Crippen LogP contribution in [0.1, 0.15) is 17.3 Å². The Balaban J connectivity index is 3.20. The van der Waals surface area contributed by atoms with Crippen LogP contribution in [0.25, 0.3) is 0 Å². The fourth-order valence-electron chi connectivity index (χ4n) is 1.35. The number of hydrogen-bond acceptors (Lipinski definition) is 6. The molecule has 0 bridgehead atoms. The lowest BCUT2D eigenvalue weighted by Crippen LogP contribution is -2.30. The molecule has 2 N–H and O–H groups in total. The largest absolute Gasteiger partial charge is 0.449 e. The molecule has 1 atom stereocenters. The van der Waals surface area contributed by atoms with Crippen molar-refractivity contribution < 1.29 is 27.6 Å². The van der Waals surface area contributed by atoms with Crippen LogP contribution in [0, 0.1) is 0 Å². The quantitative estimate of drug-likeness (QED) is 0.591. The van der Waals surface area contributed by atoms with Crippen LogP contribution in [0.3, 0.4) is 0 Å². The molecule has 0 aromatic heterocycles. The zero-order valence-electron chi connectivity index (χ0n) is 12.1. The van der Waals surface area contributed by atoms with Crippen molar-refractivity contribution in [3.8, 4) is 0 Å². The third-order valence-corrected chi connectivity index (χ3v) is 4.89. The number of benzene rings is 1. The van der Waals surface area contributed by atoms with Gasteiger partial charge in [-0.1, -0.05) is 16.1 Å². The minimum absolute atomic E-state index is 0.0941. The molecule has 0 saturated carbocycles. The van der Waals surface area contributed by atoms with Crippen molar-refractivity contribution in [2.75, 3.05) is 14.2 Å². The van der Waals surface area contributed by atoms with Gasteiger partial charge in [-0.2, -0.15) is 0 Å². The van der Waals surface area contributed by atoms with E-state index >= 15 is 0 Å². The number of primary amides is 1. The van der Waals surface area contributed by atoms with Gasteiger partial charge in [-0.15, -0.1) is 0 Å². The number of carbonyl (C=O) groups is 2. The summed E-state index contributed by atoms with van der Waals surface area (Å²) in [5.74, 6) is -1.73. The summed E-state index contributed by atoms with van der Waals surface area (Å²) in [7, 11) is -1.70. The van der Waals surface area contributed by atoms with E-state index in [1.807, 2.05) is 0 Å². The number of halogens is 1. The Kier molecular flexibility index (Phi) is 5.89. The van der Waals surface area contributed by atoms with Gasteiger partial charge >= 0.3 is 5.97 Å². The van der Waals surface area contributed by atoms with E-state index in [0.717, 1.165) is 13.2 Å². The van der Waals surface area contributed by atoms with Gasteiger partial charge in [0.1, 0.15) is 4.90 Å². The maximum Gasteiger partial charge on any atom is 0.338 e. The van der Waals surface area contributed by atoms with Crippen molar-refractivity contribution in [2.45, 2.75) is 17.9 Å². The average Bonchev–Trinajstić information content (AvgIpc) is 2.46. The van der Waals surface area contributed by atoms with Crippen molar-refractivity contribution in [3.63, 3.8) is 0 Å². The number of ether oxygens (including phenoxy) is 1. The van der Waals surface area contributed by atoms with Crippen molar-refractivity contribution in [1.82, 2.24) is 4.47 Å². The van der Waals surface area contributed by atoms with Crippen LogP contribution in [0.4, 0.5) is 0 Å². The van der Waals surface area contributed by atoms with Gasteiger partial charge in [0.25, 0.3) is 15.9 Å². The minimum Gasteiger partial charge on any atom is -0.449 e. The van der Waals surface area contributed by atoms with E-state index in [1.54, 1.807) is 0 Å². The standard InChI is InChI=1S/C12H15ClN2O6S/c1-7(11(14)16)21-12(17)8-4-5-9(13)10(6-8)22(18,19)15(2)20-3/h4-7H,1-3H3,(H2,14,16)/t7-/m0/s1. The maximum absolute atomic E-state index is 12.2. The van der Waals surface area contributed by atoms with Gasteiger partial charge in [0, 0.05) is 7.05 Å². The summed E-state index contributed by atoms with van der Waals surface area (Å²) in [6, 6.07) is 3.52. The molecule has 0 unspecified atom stereocenters. The summed E-state index contributed by atoms with van der Waals surface area (Å²) in [4.78, 5) is 27.1. The molecular weight excluding hydrogens is 336 g/mol. The van der Waals surface area contributed by atoms with Crippen LogP contribution in [-0.4, -0.2) is 45.0 Å². The van der Waals surface area contributed by atoms with Gasteiger partial charge in [0.15, 0.2) is 6.10 Å². The first-order valence-corrected chi connectivity index (χ1v) is 7.76. The molecule has 1 rings (SSSR count). The number of rotatable bonds is 6. The summed E-state index contributed by atoms with van der Waals surface area (Å²) in [5.41, 5.74) is 4.89. The van der Waals surface area contributed by atoms with Crippen LogP contribution in [0.5, 0.6) is 0 Å². The third kappa shape index (κ3) is 3.95. The highest BCUT2D eigenvalue weighted by Gasteiger charge is 2.26. The third-order valence-electron chi connectivity index (χ3n) is 2.72. The molecule has 0 saturated heterocycles. The first-order valence-electron chi connectivity index (χ1n) is 5.94. The summed E-state index contributed by atoms with van der Waals surface area (Å²) >= 11 is 5.86. The number of sulfonamides is 1. The lowest BCUT2D eigenvalue weighted by molar-refractivity contribution is -0.125. The van der Waals surface area contributed by atoms with Gasteiger partial charge in [-0.3, -0.25) is 9.63 Å². The summed E-state index contributed by atoms with van der Waals surface area (Å²) in [6.07, 6.45) is -1.15. The summed E-state index contributed by atoms with van der Waals surface area (Å²) < 4.78 is 29.7. The number of hydrogen-bond donors (Lipinski definition) is 1. The molecule has 0 aliphatic carbocycles. The van der Waals surface area contributed by atoms with E-state index in [4.69, 9.17) is 22.1 Å². The van der Waals surface area contributed by atoms with E-state index < -0.39 is 28.0 Å². The fraction of sp³-hybridized carbons (Fsp3) is 0.333. The molecule has 1 aromatic carbocycles. The molecule has 0 heterocycles. The predicted molar refractivity (Wildman–Crippen MR) is 77.5 cm³/mol. The second-order valence-electron chi connectivity index (χ2n) is 4.19. The highest BCUT2D eigenvalue weighted by atomic mass is 35.5. The van der Waals surface area contributed by atoms with E-state index in [2.05, 4.69) is 4.84 Å². The lowest BCUT2D eigenvalue weighted by atomic mass is 10.2. The molecule has 0 radical (unpaired) electrons. The molecule has 1 amide bonds. The topological polar surface area (TPSA) is 116 Å². The second kappa shape index (κ2) is 7.05. The van der Waals surface area contributed by atoms with Gasteiger partial charge < -0.3 is 10.5 Å². The van der Waals surface area contributed by atoms with Crippen LogP contribution < -0.4 is 5.73 Å². The first-order chi connectivity index (χ1) is 10.1. The normalized spacial score (nSPS) is 13.0. The van der Waals surface area contributed by atoms with E-state index in [-0.39, 0.29) is 15.5 Å². The Bertz CT molecular complexity index is 691. The Hall–Kier alpha value is -1.68. The van der Waals surface area contributed by atoms with Gasteiger partial charge in [-0.25, -0.2) is 13.2 Å². The van der Waals surface area contributed by atoms with Crippen LogP contribution >= 0.6 is 11.6 Å². The number of hydroxylamine groups is 1. The Labute approximate surface area is 132 Å². The second-order valence-corrected chi connectivity index (χ2v) is 6.50. The highest BCUT2D eigenvalue weighted by molar-refractivity contribution is 7.89. The number of nitrogens with two attached hydrogens (primary N) is 1. The molecule has 10 heteroatoms. The smallest absolute Gasteiger partial charge is 0.338 e. The number of esters is 1. The summed E-state index contributed by atoms with van der Waals surface area (Å²) in [5, 5.41) is -0.0941. The minimum atomic E-state index is -4.04. The molecule has 1 aromatic rings.